The Bertz CT molecular complexity index is 536. The molecule has 31 heavy (non-hydrogen) atoms. The van der Waals surface area contributed by atoms with Gasteiger partial charge in [0, 0.05) is 19.3 Å². The molecular weight excluding hydrogens is 404 g/mol. The summed E-state index contributed by atoms with van der Waals surface area (Å²) in [6.07, 6.45) is 9.13. The highest BCUT2D eigenvalue weighted by Crippen LogP contribution is 2.13. The summed E-state index contributed by atoms with van der Waals surface area (Å²) in [7, 11) is 0. The average Bonchev–Trinajstić information content (AvgIpc) is 3.62. The van der Waals surface area contributed by atoms with E-state index >= 15 is 0 Å². The molecule has 0 N–H and O–H groups in total. The molecule has 3 heterocycles. The summed E-state index contributed by atoms with van der Waals surface area (Å²) in [6.45, 7) is 15.2. The zero-order chi connectivity index (χ0) is 22.7. The van der Waals surface area contributed by atoms with Crippen molar-refractivity contribution in [3.05, 3.63) is 38.0 Å². The molecule has 0 saturated carbocycles. The van der Waals surface area contributed by atoms with Gasteiger partial charge in [-0.3, -0.25) is 9.59 Å². The highest BCUT2D eigenvalue weighted by Gasteiger charge is 2.24. The fourth-order valence-corrected chi connectivity index (χ4v) is 1.92. The number of carbonyl (C=O) groups excluding carboxylic acids is 2. The minimum Gasteiger partial charge on any atom is -0.466 e. The minimum atomic E-state index is -0.166. The lowest BCUT2D eigenvalue weighted by Gasteiger charge is -2.00. The summed E-state index contributed by atoms with van der Waals surface area (Å²) in [6, 6.07) is 0. The van der Waals surface area contributed by atoms with E-state index in [2.05, 4.69) is 19.7 Å². The van der Waals surface area contributed by atoms with Crippen molar-refractivity contribution in [2.45, 2.75) is 50.4 Å². The molecule has 3 rings (SSSR count). The van der Waals surface area contributed by atoms with E-state index < -0.39 is 0 Å². The van der Waals surface area contributed by atoms with Crippen molar-refractivity contribution in [3.63, 3.8) is 0 Å². The third kappa shape index (κ3) is 19.7. The molecule has 8 heteroatoms. The molecule has 0 aromatic carbocycles. The third-order valence-corrected chi connectivity index (χ3v) is 3.98. The third-order valence-electron chi connectivity index (χ3n) is 3.98. The van der Waals surface area contributed by atoms with E-state index in [-0.39, 0.29) is 18.0 Å². The van der Waals surface area contributed by atoms with Crippen LogP contribution in [0.1, 0.15) is 32.1 Å². The molecule has 3 aliphatic heterocycles. The van der Waals surface area contributed by atoms with E-state index in [1.807, 2.05) is 0 Å². The fourth-order valence-electron chi connectivity index (χ4n) is 1.92. The van der Waals surface area contributed by atoms with Crippen LogP contribution in [0.2, 0.25) is 0 Å². The van der Waals surface area contributed by atoms with Crippen LogP contribution in [0.25, 0.3) is 0 Å². The number of ether oxygens (including phenoxy) is 6. The molecule has 8 nitrogen and oxygen atoms in total. The molecule has 0 aromatic rings. The van der Waals surface area contributed by atoms with Crippen molar-refractivity contribution in [1.82, 2.24) is 0 Å². The van der Waals surface area contributed by atoms with Crippen molar-refractivity contribution < 1.29 is 38.0 Å². The standard InChI is InChI=1S/C9H14O3.C8H12O3.C6H10O2/c1-2-3-4-9(10)11-6-5-8-7-12-8;1-2-3-4-8(9)11-6-7-5-10-7;1-2-3-7-4-6-5-8-6/h2,8H,1,3-7H2;2,7H,1,3-6H2;2,6H,1,3-5H2. The van der Waals surface area contributed by atoms with Crippen LogP contribution in [0.15, 0.2) is 38.0 Å². The number of carbonyl (C=O) groups is 2. The largest absolute Gasteiger partial charge is 0.466 e. The lowest BCUT2D eigenvalue weighted by molar-refractivity contribution is -0.144. The van der Waals surface area contributed by atoms with Gasteiger partial charge in [-0.25, -0.2) is 0 Å². The molecule has 0 bridgehead atoms. The molecular formula is C23H36O8. The van der Waals surface area contributed by atoms with Gasteiger partial charge in [0.05, 0.1) is 45.7 Å². The quantitative estimate of drug-likeness (QED) is 0.166. The van der Waals surface area contributed by atoms with Crippen LogP contribution >= 0.6 is 0 Å². The predicted octanol–water partition coefficient (Wildman–Crippen LogP) is 2.77. The summed E-state index contributed by atoms with van der Waals surface area (Å²) in [5.74, 6) is -0.309. The molecule has 3 saturated heterocycles. The van der Waals surface area contributed by atoms with Gasteiger partial charge < -0.3 is 28.4 Å². The van der Waals surface area contributed by atoms with Crippen LogP contribution in [0.3, 0.4) is 0 Å². The molecule has 3 aliphatic rings. The van der Waals surface area contributed by atoms with Gasteiger partial charge in [-0.1, -0.05) is 18.2 Å². The maximum absolute atomic E-state index is 10.9. The molecule has 3 atom stereocenters. The zero-order valence-corrected chi connectivity index (χ0v) is 18.3. The second-order valence-corrected chi connectivity index (χ2v) is 7.04. The lowest BCUT2D eigenvalue weighted by Crippen LogP contribution is -2.08. The Morgan fingerprint density at radius 1 is 0.774 bits per heavy atom. The number of allylic oxidation sites excluding steroid dienone is 2. The number of hydrogen-bond acceptors (Lipinski definition) is 8. The van der Waals surface area contributed by atoms with E-state index in [0.717, 1.165) is 32.8 Å². The highest BCUT2D eigenvalue weighted by atomic mass is 16.6. The monoisotopic (exact) mass is 440 g/mol. The smallest absolute Gasteiger partial charge is 0.306 e. The molecule has 3 fully saturated rings. The van der Waals surface area contributed by atoms with Crippen molar-refractivity contribution >= 4 is 11.9 Å². The molecule has 0 aliphatic carbocycles. The van der Waals surface area contributed by atoms with Crippen molar-refractivity contribution in [2.24, 2.45) is 0 Å². The number of esters is 2. The van der Waals surface area contributed by atoms with Gasteiger partial charge in [0.25, 0.3) is 0 Å². The van der Waals surface area contributed by atoms with Crippen molar-refractivity contribution in [2.75, 3.05) is 46.2 Å². The first-order valence-electron chi connectivity index (χ1n) is 10.7. The summed E-state index contributed by atoms with van der Waals surface area (Å²) in [5, 5.41) is 0. The number of rotatable bonds is 15. The van der Waals surface area contributed by atoms with Crippen LogP contribution in [-0.2, 0) is 38.0 Å². The molecule has 3 unspecified atom stereocenters. The molecule has 0 amide bonds. The summed E-state index contributed by atoms with van der Waals surface area (Å²) in [5.41, 5.74) is 0. The van der Waals surface area contributed by atoms with E-state index in [1.165, 1.54) is 0 Å². The predicted molar refractivity (Wildman–Crippen MR) is 116 cm³/mol. The van der Waals surface area contributed by atoms with Crippen molar-refractivity contribution in [3.8, 4) is 0 Å². The maximum Gasteiger partial charge on any atom is 0.306 e. The van der Waals surface area contributed by atoms with E-state index in [9.17, 15) is 9.59 Å². The molecule has 0 radical (unpaired) electrons. The van der Waals surface area contributed by atoms with E-state index in [1.54, 1.807) is 18.2 Å². The molecule has 0 spiro atoms. The van der Waals surface area contributed by atoms with Gasteiger partial charge in [-0.2, -0.15) is 0 Å². The second-order valence-electron chi connectivity index (χ2n) is 7.04. The van der Waals surface area contributed by atoms with Crippen LogP contribution < -0.4 is 0 Å². The topological polar surface area (TPSA) is 99.4 Å². The first-order valence-corrected chi connectivity index (χ1v) is 10.7. The van der Waals surface area contributed by atoms with Gasteiger partial charge in [0.2, 0.25) is 0 Å². The van der Waals surface area contributed by atoms with Gasteiger partial charge in [-0.15, -0.1) is 19.7 Å². The lowest BCUT2D eigenvalue weighted by atomic mass is 10.3. The average molecular weight is 441 g/mol. The van der Waals surface area contributed by atoms with E-state index in [0.29, 0.717) is 57.7 Å². The Kier molecular flexibility index (Phi) is 15.4. The molecule has 0 aromatic heterocycles. The Hall–Kier alpha value is -2.00. The van der Waals surface area contributed by atoms with Crippen LogP contribution in [0, 0.1) is 0 Å². The van der Waals surface area contributed by atoms with Crippen LogP contribution in [0.4, 0.5) is 0 Å². The first-order chi connectivity index (χ1) is 15.1. The summed E-state index contributed by atoms with van der Waals surface area (Å²) >= 11 is 0. The summed E-state index contributed by atoms with van der Waals surface area (Å²) < 4.78 is 29.6. The highest BCUT2D eigenvalue weighted by molar-refractivity contribution is 5.69. The van der Waals surface area contributed by atoms with Crippen LogP contribution in [0.5, 0.6) is 0 Å². The van der Waals surface area contributed by atoms with Crippen LogP contribution in [-0.4, -0.2) is 76.5 Å². The van der Waals surface area contributed by atoms with Gasteiger partial charge >= 0.3 is 11.9 Å². The zero-order valence-electron chi connectivity index (χ0n) is 18.3. The first kappa shape index (κ1) is 27.0. The summed E-state index contributed by atoms with van der Waals surface area (Å²) in [4.78, 5) is 21.7. The SMILES string of the molecule is C=CCCC(=O)OCC1CO1.C=CCCC(=O)OCCC1CO1.C=CCOCC1CO1. The van der Waals surface area contributed by atoms with Gasteiger partial charge in [0.1, 0.15) is 18.8 Å². The fraction of sp³-hybridized carbons (Fsp3) is 0.652. The van der Waals surface area contributed by atoms with Gasteiger partial charge in [-0.05, 0) is 12.8 Å². The Labute approximate surface area is 185 Å². The minimum absolute atomic E-state index is 0.143. The molecule has 176 valence electrons. The second kappa shape index (κ2) is 17.7. The van der Waals surface area contributed by atoms with E-state index in [4.69, 9.17) is 28.4 Å². The number of hydrogen-bond donors (Lipinski definition) is 0. The Balaban J connectivity index is 0.000000237. The Morgan fingerprint density at radius 2 is 1.29 bits per heavy atom. The van der Waals surface area contributed by atoms with Gasteiger partial charge in [0.15, 0.2) is 0 Å². The normalized spacial score (nSPS) is 21.7. The van der Waals surface area contributed by atoms with Crippen molar-refractivity contribution in [1.29, 1.82) is 0 Å². The number of epoxide rings is 3. The Morgan fingerprint density at radius 3 is 1.77 bits per heavy atom. The maximum atomic E-state index is 10.9.